The van der Waals surface area contributed by atoms with Crippen LogP contribution in [0.2, 0.25) is 0 Å². The summed E-state index contributed by atoms with van der Waals surface area (Å²) >= 11 is 0. The number of hydrogen-bond acceptors (Lipinski definition) is 5. The first kappa shape index (κ1) is 19.5. The van der Waals surface area contributed by atoms with Crippen molar-refractivity contribution < 1.29 is 23.9 Å². The van der Waals surface area contributed by atoms with Crippen molar-refractivity contribution in [2.45, 2.75) is 59.6 Å². The molecule has 1 aliphatic rings. The normalized spacial score (nSPS) is 21.6. The number of nitrogens with zero attached hydrogens (tertiary/aromatic N) is 1. The Morgan fingerprint density at radius 3 is 2.17 bits per heavy atom. The molecule has 0 spiro atoms. The quantitative estimate of drug-likeness (QED) is 0.698. The number of hydrogen-bond donors (Lipinski definition) is 0. The number of ether oxygens (including phenoxy) is 2. The largest absolute Gasteiger partial charge is 0.466 e. The molecule has 3 atom stereocenters. The van der Waals surface area contributed by atoms with Gasteiger partial charge in [0.15, 0.2) is 0 Å². The summed E-state index contributed by atoms with van der Waals surface area (Å²) in [6.45, 7) is 11.2. The second-order valence-corrected chi connectivity index (χ2v) is 7.37. The molecule has 0 saturated heterocycles. The van der Waals surface area contributed by atoms with Gasteiger partial charge >= 0.3 is 11.9 Å². The molecule has 0 bridgehead atoms. The first-order chi connectivity index (χ1) is 10.5. The van der Waals surface area contributed by atoms with Gasteiger partial charge in [-0.2, -0.15) is 0 Å². The molecule has 0 aromatic heterocycles. The van der Waals surface area contributed by atoms with E-state index in [0.717, 1.165) is 0 Å². The molecule has 132 valence electrons. The number of carbonyl (C=O) groups excluding carboxylic acids is 3. The summed E-state index contributed by atoms with van der Waals surface area (Å²) in [7, 11) is 1.59. The summed E-state index contributed by atoms with van der Waals surface area (Å²) in [6, 6.07) is -0.662. The van der Waals surface area contributed by atoms with Crippen molar-refractivity contribution in [1.29, 1.82) is 0 Å². The van der Waals surface area contributed by atoms with E-state index in [1.54, 1.807) is 34.7 Å². The van der Waals surface area contributed by atoms with Crippen LogP contribution in [-0.2, 0) is 23.9 Å². The molecular formula is C17H29NO5. The maximum atomic E-state index is 12.6. The summed E-state index contributed by atoms with van der Waals surface area (Å²) in [5.41, 5.74) is -0.610. The lowest BCUT2D eigenvalue weighted by molar-refractivity contribution is -0.166. The van der Waals surface area contributed by atoms with Crippen molar-refractivity contribution in [1.82, 2.24) is 4.90 Å². The Morgan fingerprint density at radius 2 is 1.74 bits per heavy atom. The molecule has 0 aliphatic heterocycles. The highest BCUT2D eigenvalue weighted by Gasteiger charge is 2.51. The van der Waals surface area contributed by atoms with Crippen LogP contribution in [-0.4, -0.2) is 48.0 Å². The predicted molar refractivity (Wildman–Crippen MR) is 85.5 cm³/mol. The molecule has 6 nitrogen and oxygen atoms in total. The standard InChI is InChI=1S/C17H29NO5/c1-8-22-15(20)12-9-11(12)14(19)18(7)13(10(2)3)16(21)23-17(4,5)6/h10-13H,8-9H2,1-7H3/t11-,12+,13-/m0/s1. The lowest BCUT2D eigenvalue weighted by atomic mass is 10.0. The summed E-state index contributed by atoms with van der Waals surface area (Å²) in [5.74, 6) is -1.81. The fourth-order valence-corrected chi connectivity index (χ4v) is 2.62. The molecule has 23 heavy (non-hydrogen) atoms. The van der Waals surface area contributed by atoms with Crippen molar-refractivity contribution in [3.05, 3.63) is 0 Å². The molecule has 6 heteroatoms. The summed E-state index contributed by atoms with van der Waals surface area (Å²) in [5, 5.41) is 0. The van der Waals surface area contributed by atoms with Gasteiger partial charge in [0.25, 0.3) is 0 Å². The number of likely N-dealkylation sites (N-methyl/N-ethyl adjacent to an activating group) is 1. The van der Waals surface area contributed by atoms with Crippen molar-refractivity contribution in [3.63, 3.8) is 0 Å². The first-order valence-electron chi connectivity index (χ1n) is 8.15. The Balaban J connectivity index is 2.75. The molecular weight excluding hydrogens is 298 g/mol. The van der Waals surface area contributed by atoms with E-state index >= 15 is 0 Å². The monoisotopic (exact) mass is 327 g/mol. The van der Waals surface area contributed by atoms with Crippen LogP contribution in [0.1, 0.15) is 48.0 Å². The average molecular weight is 327 g/mol. The van der Waals surface area contributed by atoms with E-state index in [9.17, 15) is 14.4 Å². The van der Waals surface area contributed by atoms with Gasteiger partial charge in [-0.1, -0.05) is 13.8 Å². The molecule has 1 saturated carbocycles. The van der Waals surface area contributed by atoms with E-state index < -0.39 is 17.6 Å². The van der Waals surface area contributed by atoms with Gasteiger partial charge in [0.2, 0.25) is 5.91 Å². The topological polar surface area (TPSA) is 72.9 Å². The second-order valence-electron chi connectivity index (χ2n) is 7.37. The third-order valence-corrected chi connectivity index (χ3v) is 3.74. The second kappa shape index (κ2) is 7.32. The molecule has 0 unspecified atom stereocenters. The average Bonchev–Trinajstić information content (AvgIpc) is 3.15. The molecule has 1 aliphatic carbocycles. The maximum Gasteiger partial charge on any atom is 0.329 e. The van der Waals surface area contributed by atoms with Crippen LogP contribution in [0.4, 0.5) is 0 Å². The minimum Gasteiger partial charge on any atom is -0.466 e. The van der Waals surface area contributed by atoms with Crippen molar-refractivity contribution in [3.8, 4) is 0 Å². The van der Waals surface area contributed by atoms with E-state index in [-0.39, 0.29) is 29.6 Å². The highest BCUT2D eigenvalue weighted by Crippen LogP contribution is 2.41. The van der Waals surface area contributed by atoms with Gasteiger partial charge < -0.3 is 14.4 Å². The Labute approximate surface area is 138 Å². The third kappa shape index (κ3) is 5.22. The molecule has 1 amide bonds. The third-order valence-electron chi connectivity index (χ3n) is 3.74. The minimum absolute atomic E-state index is 0.0846. The van der Waals surface area contributed by atoms with Gasteiger partial charge in [-0.25, -0.2) is 4.79 Å². The van der Waals surface area contributed by atoms with Crippen LogP contribution >= 0.6 is 0 Å². The molecule has 0 N–H and O–H groups in total. The van der Waals surface area contributed by atoms with E-state index in [0.29, 0.717) is 13.0 Å². The van der Waals surface area contributed by atoms with Gasteiger partial charge in [0, 0.05) is 7.05 Å². The van der Waals surface area contributed by atoms with Gasteiger partial charge in [-0.15, -0.1) is 0 Å². The van der Waals surface area contributed by atoms with E-state index in [2.05, 4.69) is 0 Å². The minimum atomic E-state index is -0.662. The molecule has 0 radical (unpaired) electrons. The van der Waals surface area contributed by atoms with Gasteiger partial charge in [0.05, 0.1) is 18.4 Å². The number of rotatable bonds is 6. The Kier molecular flexibility index (Phi) is 6.19. The lowest BCUT2D eigenvalue weighted by Crippen LogP contribution is -2.49. The smallest absolute Gasteiger partial charge is 0.329 e. The van der Waals surface area contributed by atoms with Crippen LogP contribution in [0.15, 0.2) is 0 Å². The van der Waals surface area contributed by atoms with Crippen molar-refractivity contribution >= 4 is 17.8 Å². The fraction of sp³-hybridized carbons (Fsp3) is 0.824. The number of amides is 1. The zero-order valence-electron chi connectivity index (χ0n) is 15.2. The van der Waals surface area contributed by atoms with Crippen LogP contribution < -0.4 is 0 Å². The van der Waals surface area contributed by atoms with Crippen LogP contribution in [0, 0.1) is 17.8 Å². The Bertz CT molecular complexity index is 466. The van der Waals surface area contributed by atoms with Crippen LogP contribution in [0.3, 0.4) is 0 Å². The molecule has 1 fully saturated rings. The van der Waals surface area contributed by atoms with Crippen molar-refractivity contribution in [2.24, 2.45) is 17.8 Å². The highest BCUT2D eigenvalue weighted by atomic mass is 16.6. The van der Waals surface area contributed by atoms with Gasteiger partial charge in [-0.3, -0.25) is 9.59 Å². The van der Waals surface area contributed by atoms with Gasteiger partial charge in [-0.05, 0) is 40.0 Å². The SMILES string of the molecule is CCOC(=O)[C@@H]1C[C@@H]1C(=O)N(C)[C@H](C(=O)OC(C)(C)C)C(C)C. The molecule has 1 rings (SSSR count). The fourth-order valence-electron chi connectivity index (χ4n) is 2.62. The Morgan fingerprint density at radius 1 is 1.17 bits per heavy atom. The zero-order chi connectivity index (χ0) is 17.9. The summed E-state index contributed by atoms with van der Waals surface area (Å²) < 4.78 is 10.4. The molecule has 0 aromatic rings. The van der Waals surface area contributed by atoms with Crippen LogP contribution in [0.25, 0.3) is 0 Å². The maximum absolute atomic E-state index is 12.6. The Hall–Kier alpha value is -1.59. The summed E-state index contributed by atoms with van der Waals surface area (Å²) in [6.07, 6.45) is 0.487. The van der Waals surface area contributed by atoms with E-state index in [1.165, 1.54) is 4.90 Å². The number of esters is 2. The highest BCUT2D eigenvalue weighted by molar-refractivity contribution is 5.92. The predicted octanol–water partition coefficient (Wildman–Crippen LogP) is 2.01. The first-order valence-corrected chi connectivity index (χ1v) is 8.15. The zero-order valence-corrected chi connectivity index (χ0v) is 15.2. The lowest BCUT2D eigenvalue weighted by Gasteiger charge is -2.32. The van der Waals surface area contributed by atoms with E-state index in [4.69, 9.17) is 9.47 Å². The van der Waals surface area contributed by atoms with Gasteiger partial charge in [0.1, 0.15) is 11.6 Å². The van der Waals surface area contributed by atoms with Crippen LogP contribution in [0.5, 0.6) is 0 Å². The molecule has 0 heterocycles. The van der Waals surface area contributed by atoms with Crippen molar-refractivity contribution in [2.75, 3.05) is 13.7 Å². The number of carbonyl (C=O) groups is 3. The summed E-state index contributed by atoms with van der Waals surface area (Å²) in [4.78, 5) is 38.1. The van der Waals surface area contributed by atoms with E-state index in [1.807, 2.05) is 13.8 Å². The molecule has 0 aromatic carbocycles.